The molecule has 0 aliphatic carbocycles. The number of rotatable bonds is 3. The molecule has 5 nitrogen and oxygen atoms in total. The van der Waals surface area contributed by atoms with Gasteiger partial charge >= 0.3 is 0 Å². The van der Waals surface area contributed by atoms with Gasteiger partial charge in [-0.05, 0) is 31.4 Å². The molecule has 3 heterocycles. The summed E-state index contributed by atoms with van der Waals surface area (Å²) in [6, 6.07) is 4.14. The molecule has 3 atom stereocenters. The molecular formula is C15H21N3O2. The zero-order valence-corrected chi connectivity index (χ0v) is 11.7. The van der Waals surface area contributed by atoms with E-state index in [1.807, 2.05) is 25.3 Å². The molecule has 1 aromatic rings. The van der Waals surface area contributed by atoms with E-state index >= 15 is 0 Å². The van der Waals surface area contributed by atoms with Gasteiger partial charge in [0, 0.05) is 13.1 Å². The quantitative estimate of drug-likeness (QED) is 0.871. The molecule has 2 saturated heterocycles. The first-order valence-corrected chi connectivity index (χ1v) is 7.39. The lowest BCUT2D eigenvalue weighted by Crippen LogP contribution is -2.45. The van der Waals surface area contributed by atoms with E-state index in [2.05, 4.69) is 15.2 Å². The van der Waals surface area contributed by atoms with Crippen molar-refractivity contribution >= 4 is 11.6 Å². The Hall–Kier alpha value is -1.62. The fourth-order valence-corrected chi connectivity index (χ4v) is 3.25. The second kappa shape index (κ2) is 5.40. The molecule has 2 aliphatic rings. The molecule has 20 heavy (non-hydrogen) atoms. The number of hydrogen-bond donors (Lipinski definition) is 2. The van der Waals surface area contributed by atoms with Gasteiger partial charge in [0.15, 0.2) is 0 Å². The van der Waals surface area contributed by atoms with Gasteiger partial charge < -0.3 is 15.3 Å². The normalized spacial score (nSPS) is 27.1. The van der Waals surface area contributed by atoms with E-state index in [-0.39, 0.29) is 17.9 Å². The molecule has 2 N–H and O–H groups in total. The second-order valence-corrected chi connectivity index (χ2v) is 5.62. The van der Waals surface area contributed by atoms with Crippen LogP contribution >= 0.6 is 0 Å². The van der Waals surface area contributed by atoms with E-state index in [1.54, 1.807) is 0 Å². The number of aromatic nitrogens is 1. The third kappa shape index (κ3) is 2.26. The van der Waals surface area contributed by atoms with Crippen molar-refractivity contribution in [2.75, 3.05) is 18.0 Å². The van der Waals surface area contributed by atoms with Crippen LogP contribution in [0, 0.1) is 5.92 Å². The molecule has 1 amide bonds. The highest BCUT2D eigenvalue weighted by molar-refractivity contribution is 5.83. The van der Waals surface area contributed by atoms with Crippen LogP contribution < -0.4 is 10.2 Å². The van der Waals surface area contributed by atoms with E-state index in [4.69, 9.17) is 0 Å². The molecule has 0 aromatic carbocycles. The van der Waals surface area contributed by atoms with Crippen LogP contribution in [0.3, 0.4) is 0 Å². The highest BCUT2D eigenvalue weighted by Crippen LogP contribution is 2.31. The predicted molar refractivity (Wildman–Crippen MR) is 76.4 cm³/mol. The Kier molecular flexibility index (Phi) is 3.61. The first-order chi connectivity index (χ1) is 9.70. The van der Waals surface area contributed by atoms with Gasteiger partial charge in [-0.2, -0.15) is 0 Å². The van der Waals surface area contributed by atoms with Gasteiger partial charge in [-0.1, -0.05) is 6.92 Å². The molecule has 108 valence electrons. The van der Waals surface area contributed by atoms with Crippen molar-refractivity contribution in [3.8, 4) is 0 Å². The highest BCUT2D eigenvalue weighted by Gasteiger charge is 2.40. The number of pyridine rings is 1. The summed E-state index contributed by atoms with van der Waals surface area (Å²) < 4.78 is 0. The van der Waals surface area contributed by atoms with Crippen LogP contribution in [-0.2, 0) is 4.79 Å². The lowest BCUT2D eigenvalue weighted by atomic mass is 9.91. The third-order valence-corrected chi connectivity index (χ3v) is 4.43. The number of amides is 1. The summed E-state index contributed by atoms with van der Waals surface area (Å²) in [4.78, 5) is 18.4. The first kappa shape index (κ1) is 13.4. The standard InChI is InChI=1S/C15H21N3O2/c1-2-14(19)12-6-5-10(8-16-12)18-7-3-4-11-13(18)9-17-15(11)20/h5-6,8,11,13-14,19H,2-4,7,9H2,1H3,(H,17,20). The van der Waals surface area contributed by atoms with Crippen molar-refractivity contribution < 1.29 is 9.90 Å². The van der Waals surface area contributed by atoms with Gasteiger partial charge in [-0.3, -0.25) is 9.78 Å². The predicted octanol–water partition coefficient (Wildman–Crippen LogP) is 1.24. The zero-order valence-electron chi connectivity index (χ0n) is 11.7. The maximum absolute atomic E-state index is 11.8. The molecule has 0 saturated carbocycles. The van der Waals surface area contributed by atoms with Crippen LogP contribution in [0.25, 0.3) is 0 Å². The average molecular weight is 275 g/mol. The molecule has 3 unspecified atom stereocenters. The SMILES string of the molecule is CCC(O)c1ccc(N2CCCC3C(=O)NCC32)cn1. The fourth-order valence-electron chi connectivity index (χ4n) is 3.25. The van der Waals surface area contributed by atoms with Gasteiger partial charge in [0.2, 0.25) is 5.91 Å². The summed E-state index contributed by atoms with van der Waals surface area (Å²) in [5, 5.41) is 12.7. The summed E-state index contributed by atoms with van der Waals surface area (Å²) >= 11 is 0. The minimum atomic E-state index is -0.493. The Morgan fingerprint density at radius 2 is 2.40 bits per heavy atom. The number of carbonyl (C=O) groups is 1. The maximum atomic E-state index is 11.8. The fraction of sp³-hybridized carbons (Fsp3) is 0.600. The van der Waals surface area contributed by atoms with Gasteiger partial charge in [0.1, 0.15) is 0 Å². The Morgan fingerprint density at radius 3 is 3.10 bits per heavy atom. The molecule has 0 radical (unpaired) electrons. The Balaban J connectivity index is 1.80. The molecule has 0 bridgehead atoms. The van der Waals surface area contributed by atoms with Crippen molar-refractivity contribution in [1.82, 2.24) is 10.3 Å². The Morgan fingerprint density at radius 1 is 1.55 bits per heavy atom. The van der Waals surface area contributed by atoms with E-state index in [9.17, 15) is 9.90 Å². The molecule has 3 rings (SSSR count). The number of nitrogens with zero attached hydrogens (tertiary/aromatic N) is 2. The van der Waals surface area contributed by atoms with Gasteiger partial charge in [-0.15, -0.1) is 0 Å². The molecule has 5 heteroatoms. The van der Waals surface area contributed by atoms with Crippen LogP contribution in [0.5, 0.6) is 0 Å². The van der Waals surface area contributed by atoms with Crippen LogP contribution in [0.2, 0.25) is 0 Å². The summed E-state index contributed by atoms with van der Waals surface area (Å²) in [5.41, 5.74) is 1.76. The lowest BCUT2D eigenvalue weighted by molar-refractivity contribution is -0.122. The maximum Gasteiger partial charge on any atom is 0.225 e. The van der Waals surface area contributed by atoms with Crippen molar-refractivity contribution in [2.45, 2.75) is 38.3 Å². The van der Waals surface area contributed by atoms with Crippen molar-refractivity contribution in [3.05, 3.63) is 24.0 Å². The van der Waals surface area contributed by atoms with Crippen LogP contribution in [0.1, 0.15) is 38.0 Å². The Bertz CT molecular complexity index is 488. The smallest absolute Gasteiger partial charge is 0.225 e. The summed E-state index contributed by atoms with van der Waals surface area (Å²) in [6.45, 7) is 3.63. The second-order valence-electron chi connectivity index (χ2n) is 5.62. The zero-order chi connectivity index (χ0) is 14.1. The number of nitrogens with one attached hydrogen (secondary N) is 1. The summed E-state index contributed by atoms with van der Waals surface area (Å²) in [7, 11) is 0. The minimum Gasteiger partial charge on any atom is -0.387 e. The topological polar surface area (TPSA) is 65.5 Å². The van der Waals surface area contributed by atoms with Gasteiger partial charge in [0.25, 0.3) is 0 Å². The van der Waals surface area contributed by atoms with E-state index < -0.39 is 6.10 Å². The lowest BCUT2D eigenvalue weighted by Gasteiger charge is -2.37. The molecular weight excluding hydrogens is 254 g/mol. The van der Waals surface area contributed by atoms with Crippen molar-refractivity contribution in [2.24, 2.45) is 5.92 Å². The third-order valence-electron chi connectivity index (χ3n) is 4.43. The number of anilines is 1. The minimum absolute atomic E-state index is 0.115. The number of piperidine rings is 1. The average Bonchev–Trinajstić information content (AvgIpc) is 2.88. The van der Waals surface area contributed by atoms with E-state index in [0.29, 0.717) is 12.1 Å². The summed E-state index contributed by atoms with van der Waals surface area (Å²) in [6.07, 6.45) is 4.01. The number of hydrogen-bond acceptors (Lipinski definition) is 4. The number of aliphatic hydroxyl groups excluding tert-OH is 1. The van der Waals surface area contributed by atoms with Gasteiger partial charge in [-0.25, -0.2) is 0 Å². The highest BCUT2D eigenvalue weighted by atomic mass is 16.3. The van der Waals surface area contributed by atoms with Gasteiger partial charge in [0.05, 0.1) is 35.6 Å². The molecule has 1 aromatic heterocycles. The summed E-state index contributed by atoms with van der Waals surface area (Å²) in [5.74, 6) is 0.301. The van der Waals surface area contributed by atoms with E-state index in [0.717, 1.165) is 31.6 Å². The van der Waals surface area contributed by atoms with Crippen LogP contribution in [0.15, 0.2) is 18.3 Å². The van der Waals surface area contributed by atoms with Crippen molar-refractivity contribution in [1.29, 1.82) is 0 Å². The number of carbonyl (C=O) groups excluding carboxylic acids is 1. The van der Waals surface area contributed by atoms with E-state index in [1.165, 1.54) is 0 Å². The molecule has 0 spiro atoms. The van der Waals surface area contributed by atoms with Crippen LogP contribution in [-0.4, -0.2) is 35.1 Å². The van der Waals surface area contributed by atoms with Crippen LogP contribution in [0.4, 0.5) is 5.69 Å². The Labute approximate surface area is 119 Å². The van der Waals surface area contributed by atoms with Crippen molar-refractivity contribution in [3.63, 3.8) is 0 Å². The molecule has 2 fully saturated rings. The largest absolute Gasteiger partial charge is 0.387 e. The molecule has 2 aliphatic heterocycles. The number of fused-ring (bicyclic) bond motifs is 1. The monoisotopic (exact) mass is 275 g/mol. The first-order valence-electron chi connectivity index (χ1n) is 7.39. The number of aliphatic hydroxyl groups is 1.